The topological polar surface area (TPSA) is 32.8 Å². The Labute approximate surface area is 79.8 Å². The zero-order chi connectivity index (χ0) is 10.4. The Kier molecular flexibility index (Phi) is 4.96. The molecule has 0 atom stereocenters. The largest absolute Gasteiger partial charge is 0.479 e. The van der Waals surface area contributed by atoms with Crippen molar-refractivity contribution < 1.29 is 9.53 Å². The average Bonchev–Trinajstić information content (AvgIpc) is 2.03. The summed E-state index contributed by atoms with van der Waals surface area (Å²) in [5, 5.41) is 0. The molecule has 0 saturated heterocycles. The number of carbonyl (C=O) groups excluding carboxylic acids is 1. The summed E-state index contributed by atoms with van der Waals surface area (Å²) in [7, 11) is 7.09. The van der Waals surface area contributed by atoms with Gasteiger partial charge in [0.05, 0.1) is 12.7 Å². The Morgan fingerprint density at radius 1 is 1.23 bits per heavy atom. The molecule has 0 aliphatic heterocycles. The number of likely N-dealkylation sites (N-methyl/N-ethyl adjacent to an activating group) is 1. The van der Waals surface area contributed by atoms with Crippen LogP contribution in [0.5, 0.6) is 0 Å². The van der Waals surface area contributed by atoms with Crippen LogP contribution in [0.3, 0.4) is 0 Å². The monoisotopic (exact) mass is 186 g/mol. The van der Waals surface area contributed by atoms with Crippen LogP contribution in [0.1, 0.15) is 6.92 Å². The Balaban J connectivity index is 4.43. The lowest BCUT2D eigenvalue weighted by Crippen LogP contribution is -2.23. The maximum absolute atomic E-state index is 11.3. The molecule has 0 radical (unpaired) electrons. The van der Waals surface area contributed by atoms with Crippen molar-refractivity contribution in [2.75, 3.05) is 34.8 Å². The third-order valence-corrected chi connectivity index (χ3v) is 1.42. The van der Waals surface area contributed by atoms with Gasteiger partial charge < -0.3 is 14.5 Å². The van der Waals surface area contributed by atoms with Crippen LogP contribution in [0.25, 0.3) is 0 Å². The van der Waals surface area contributed by atoms with E-state index in [9.17, 15) is 4.79 Å². The molecular formula is C9H18N2O2. The minimum Gasteiger partial charge on any atom is -0.479 e. The lowest BCUT2D eigenvalue weighted by molar-refractivity contribution is -0.124. The first-order chi connectivity index (χ1) is 5.99. The zero-order valence-electron chi connectivity index (χ0n) is 9.00. The molecule has 0 aromatic rings. The minimum atomic E-state index is -0.0721. The number of hydrogen-bond donors (Lipinski definition) is 0. The van der Waals surface area contributed by atoms with Crippen molar-refractivity contribution in [1.82, 2.24) is 9.80 Å². The second kappa shape index (κ2) is 5.45. The summed E-state index contributed by atoms with van der Waals surface area (Å²) < 4.78 is 5.26. The van der Waals surface area contributed by atoms with Gasteiger partial charge in [-0.05, 0) is 6.92 Å². The SMILES string of the molecule is CCO/C(=C\C(=O)N(C)C)N(C)C. The number of carbonyl (C=O) groups is 1. The third kappa shape index (κ3) is 4.40. The van der Waals surface area contributed by atoms with Crippen LogP contribution in [0.15, 0.2) is 12.0 Å². The first kappa shape index (κ1) is 11.8. The number of rotatable bonds is 4. The Bertz CT molecular complexity index is 198. The van der Waals surface area contributed by atoms with Gasteiger partial charge in [-0.2, -0.15) is 0 Å². The van der Waals surface area contributed by atoms with Crippen molar-refractivity contribution in [2.24, 2.45) is 0 Å². The predicted molar refractivity (Wildman–Crippen MR) is 52.1 cm³/mol. The van der Waals surface area contributed by atoms with Crippen molar-refractivity contribution >= 4 is 5.91 Å². The Morgan fingerprint density at radius 2 is 1.77 bits per heavy atom. The van der Waals surface area contributed by atoms with Gasteiger partial charge >= 0.3 is 0 Å². The van der Waals surface area contributed by atoms with Gasteiger partial charge in [0, 0.05) is 28.2 Å². The van der Waals surface area contributed by atoms with Gasteiger partial charge in [-0.15, -0.1) is 0 Å². The smallest absolute Gasteiger partial charge is 0.251 e. The van der Waals surface area contributed by atoms with Crippen molar-refractivity contribution in [3.63, 3.8) is 0 Å². The van der Waals surface area contributed by atoms with Crippen LogP contribution in [0.2, 0.25) is 0 Å². The molecule has 0 aliphatic rings. The molecular weight excluding hydrogens is 168 g/mol. The van der Waals surface area contributed by atoms with Crippen LogP contribution in [0.4, 0.5) is 0 Å². The molecule has 4 heteroatoms. The lowest BCUT2D eigenvalue weighted by Gasteiger charge is -2.17. The Morgan fingerprint density at radius 3 is 2.08 bits per heavy atom. The van der Waals surface area contributed by atoms with Crippen molar-refractivity contribution in [3.8, 4) is 0 Å². The van der Waals surface area contributed by atoms with E-state index in [2.05, 4.69) is 0 Å². The molecule has 0 unspecified atom stereocenters. The summed E-state index contributed by atoms with van der Waals surface area (Å²) in [6, 6.07) is 0. The molecule has 0 saturated carbocycles. The van der Waals surface area contributed by atoms with E-state index < -0.39 is 0 Å². The molecule has 13 heavy (non-hydrogen) atoms. The van der Waals surface area contributed by atoms with Crippen LogP contribution in [-0.4, -0.2) is 50.5 Å². The van der Waals surface area contributed by atoms with Crippen LogP contribution >= 0.6 is 0 Å². The van der Waals surface area contributed by atoms with Crippen LogP contribution < -0.4 is 0 Å². The predicted octanol–water partition coefficient (Wildman–Crippen LogP) is 0.514. The maximum atomic E-state index is 11.3. The summed E-state index contributed by atoms with van der Waals surface area (Å²) >= 11 is 0. The van der Waals surface area contributed by atoms with Gasteiger partial charge in [0.2, 0.25) is 0 Å². The first-order valence-electron chi connectivity index (χ1n) is 4.22. The Hall–Kier alpha value is -1.19. The van der Waals surface area contributed by atoms with E-state index in [0.29, 0.717) is 12.5 Å². The second-order valence-electron chi connectivity index (χ2n) is 3.04. The third-order valence-electron chi connectivity index (χ3n) is 1.42. The van der Waals surface area contributed by atoms with Gasteiger partial charge in [-0.25, -0.2) is 0 Å². The molecule has 0 aromatic carbocycles. The van der Waals surface area contributed by atoms with E-state index in [4.69, 9.17) is 4.74 Å². The highest BCUT2D eigenvalue weighted by Gasteiger charge is 2.05. The first-order valence-corrected chi connectivity index (χ1v) is 4.22. The van der Waals surface area contributed by atoms with Gasteiger partial charge in [0.15, 0.2) is 5.88 Å². The summed E-state index contributed by atoms with van der Waals surface area (Å²) in [6.45, 7) is 2.45. The minimum absolute atomic E-state index is 0.0721. The fourth-order valence-electron chi connectivity index (χ4n) is 0.682. The molecule has 0 aromatic heterocycles. The summed E-state index contributed by atoms with van der Waals surface area (Å²) in [4.78, 5) is 14.5. The van der Waals surface area contributed by atoms with E-state index in [1.807, 2.05) is 21.0 Å². The molecule has 0 heterocycles. The molecule has 0 rings (SSSR count). The lowest BCUT2D eigenvalue weighted by atomic mass is 10.5. The zero-order valence-corrected chi connectivity index (χ0v) is 9.00. The normalized spacial score (nSPS) is 11.0. The standard InChI is InChI=1S/C9H18N2O2/c1-6-13-9(11(4)5)7-8(12)10(2)3/h7H,6H2,1-5H3/b9-7-. The molecule has 0 fully saturated rings. The second-order valence-corrected chi connectivity index (χ2v) is 3.04. The summed E-state index contributed by atoms with van der Waals surface area (Å²) in [6.07, 6.45) is 1.48. The molecule has 1 amide bonds. The molecule has 0 bridgehead atoms. The van der Waals surface area contributed by atoms with E-state index in [-0.39, 0.29) is 5.91 Å². The quantitative estimate of drug-likeness (QED) is 0.474. The van der Waals surface area contributed by atoms with E-state index >= 15 is 0 Å². The molecule has 0 aliphatic carbocycles. The van der Waals surface area contributed by atoms with Gasteiger partial charge in [-0.1, -0.05) is 0 Å². The van der Waals surface area contributed by atoms with Gasteiger partial charge in [0.1, 0.15) is 0 Å². The van der Waals surface area contributed by atoms with Crippen molar-refractivity contribution in [2.45, 2.75) is 6.92 Å². The number of hydrogen-bond acceptors (Lipinski definition) is 3. The number of amides is 1. The van der Waals surface area contributed by atoms with Crippen LogP contribution in [0, 0.1) is 0 Å². The summed E-state index contributed by atoms with van der Waals surface area (Å²) in [5.41, 5.74) is 0. The molecule has 76 valence electrons. The van der Waals surface area contributed by atoms with E-state index in [0.717, 1.165) is 0 Å². The fraction of sp³-hybridized carbons (Fsp3) is 0.667. The maximum Gasteiger partial charge on any atom is 0.251 e. The average molecular weight is 186 g/mol. The van der Waals surface area contributed by atoms with E-state index in [1.165, 1.54) is 11.0 Å². The van der Waals surface area contributed by atoms with Gasteiger partial charge in [0.25, 0.3) is 5.91 Å². The van der Waals surface area contributed by atoms with Crippen LogP contribution in [-0.2, 0) is 9.53 Å². The fourth-order valence-corrected chi connectivity index (χ4v) is 0.682. The number of nitrogens with zero attached hydrogens (tertiary/aromatic N) is 2. The highest BCUT2D eigenvalue weighted by molar-refractivity contribution is 5.87. The highest BCUT2D eigenvalue weighted by atomic mass is 16.5. The molecule has 0 spiro atoms. The van der Waals surface area contributed by atoms with Gasteiger partial charge in [-0.3, -0.25) is 4.79 Å². The molecule has 0 N–H and O–H groups in total. The van der Waals surface area contributed by atoms with Crippen molar-refractivity contribution in [1.29, 1.82) is 0 Å². The highest BCUT2D eigenvalue weighted by Crippen LogP contribution is 2.01. The number of ether oxygens (including phenoxy) is 1. The molecule has 4 nitrogen and oxygen atoms in total. The summed E-state index contributed by atoms with van der Waals surface area (Å²) in [5.74, 6) is 0.512. The van der Waals surface area contributed by atoms with Crippen molar-refractivity contribution in [3.05, 3.63) is 12.0 Å². The van der Waals surface area contributed by atoms with E-state index in [1.54, 1.807) is 19.0 Å².